The summed E-state index contributed by atoms with van der Waals surface area (Å²) < 4.78 is 5.15. The van der Waals surface area contributed by atoms with Crippen molar-refractivity contribution in [1.29, 1.82) is 5.26 Å². The van der Waals surface area contributed by atoms with Gasteiger partial charge in [-0.1, -0.05) is 24.3 Å². The monoisotopic (exact) mass is 251 g/mol. The molecule has 0 amide bonds. The van der Waals surface area contributed by atoms with E-state index < -0.39 is 0 Å². The summed E-state index contributed by atoms with van der Waals surface area (Å²) in [5.74, 6) is 0.577. The van der Waals surface area contributed by atoms with Gasteiger partial charge in [-0.15, -0.1) is 0 Å². The number of hydrogen-bond acceptors (Lipinski definition) is 3. The van der Waals surface area contributed by atoms with Crippen LogP contribution in [0.3, 0.4) is 0 Å². The Kier molecular flexibility index (Phi) is 3.94. The van der Waals surface area contributed by atoms with E-state index in [0.717, 1.165) is 5.56 Å². The fraction of sp³-hybridized carbons (Fsp3) is 0.125. The van der Waals surface area contributed by atoms with Gasteiger partial charge >= 0.3 is 0 Å². The molecule has 19 heavy (non-hydrogen) atoms. The van der Waals surface area contributed by atoms with Gasteiger partial charge < -0.3 is 4.74 Å². The number of carbonyl (C=O) groups is 1. The van der Waals surface area contributed by atoms with E-state index in [2.05, 4.69) is 0 Å². The topological polar surface area (TPSA) is 50.1 Å². The lowest BCUT2D eigenvalue weighted by Crippen LogP contribution is -2.03. The zero-order valence-electron chi connectivity index (χ0n) is 10.6. The van der Waals surface area contributed by atoms with Crippen LogP contribution >= 0.6 is 0 Å². The lowest BCUT2D eigenvalue weighted by Gasteiger charge is -2.06. The van der Waals surface area contributed by atoms with E-state index >= 15 is 0 Å². The number of nitrogens with zero attached hydrogens (tertiary/aromatic N) is 1. The van der Waals surface area contributed by atoms with Gasteiger partial charge in [0, 0.05) is 11.1 Å². The molecule has 0 fully saturated rings. The Morgan fingerprint density at radius 1 is 1.16 bits per heavy atom. The van der Waals surface area contributed by atoms with Crippen LogP contribution in [0, 0.1) is 18.3 Å². The molecule has 0 saturated heterocycles. The number of nitriles is 1. The molecule has 0 spiro atoms. The van der Waals surface area contributed by atoms with E-state index in [9.17, 15) is 4.79 Å². The first-order valence-electron chi connectivity index (χ1n) is 5.92. The van der Waals surface area contributed by atoms with Gasteiger partial charge in [-0.3, -0.25) is 4.79 Å². The molecule has 2 aromatic rings. The molecule has 0 heterocycles. The van der Waals surface area contributed by atoms with Crippen LogP contribution in [0.5, 0.6) is 5.75 Å². The van der Waals surface area contributed by atoms with Crippen molar-refractivity contribution in [2.24, 2.45) is 0 Å². The summed E-state index contributed by atoms with van der Waals surface area (Å²) in [5, 5.41) is 8.42. The van der Waals surface area contributed by atoms with Crippen molar-refractivity contribution in [3.05, 3.63) is 65.2 Å². The first-order valence-corrected chi connectivity index (χ1v) is 5.92. The molecule has 0 radical (unpaired) electrons. The van der Waals surface area contributed by atoms with Crippen molar-refractivity contribution in [2.45, 2.75) is 6.92 Å². The fourth-order valence-electron chi connectivity index (χ4n) is 1.80. The minimum absolute atomic E-state index is 0.00505. The van der Waals surface area contributed by atoms with Crippen LogP contribution in [0.2, 0.25) is 0 Å². The molecule has 0 N–H and O–H groups in total. The van der Waals surface area contributed by atoms with Crippen molar-refractivity contribution in [3.63, 3.8) is 0 Å². The van der Waals surface area contributed by atoms with Gasteiger partial charge in [-0.05, 0) is 36.8 Å². The average molecular weight is 251 g/mol. The van der Waals surface area contributed by atoms with Crippen molar-refractivity contribution in [2.75, 3.05) is 6.61 Å². The predicted octanol–water partition coefficient (Wildman–Crippen LogP) is 3.13. The summed E-state index contributed by atoms with van der Waals surface area (Å²) >= 11 is 0. The van der Waals surface area contributed by atoms with Crippen LogP contribution in [0.4, 0.5) is 0 Å². The van der Waals surface area contributed by atoms with Gasteiger partial charge in [0.25, 0.3) is 0 Å². The summed E-state index contributed by atoms with van der Waals surface area (Å²) in [6, 6.07) is 16.2. The molecule has 94 valence electrons. The predicted molar refractivity (Wildman–Crippen MR) is 72.2 cm³/mol. The van der Waals surface area contributed by atoms with Gasteiger partial charge in [0.2, 0.25) is 0 Å². The summed E-state index contributed by atoms with van der Waals surface area (Å²) in [4.78, 5) is 12.3. The van der Waals surface area contributed by atoms with E-state index in [1.54, 1.807) is 24.3 Å². The van der Waals surface area contributed by atoms with Gasteiger partial charge in [-0.25, -0.2) is 0 Å². The molecule has 3 heteroatoms. The third-order valence-corrected chi connectivity index (χ3v) is 2.81. The van der Waals surface area contributed by atoms with Crippen LogP contribution in [0.25, 0.3) is 0 Å². The molecule has 2 aromatic carbocycles. The SMILES string of the molecule is Cc1ccccc1C(=O)c1ccc(OCC#N)cc1. The number of aryl methyl sites for hydroxylation is 1. The van der Waals surface area contributed by atoms with Crippen molar-refractivity contribution in [1.82, 2.24) is 0 Å². The summed E-state index contributed by atoms with van der Waals surface area (Å²) in [6.07, 6.45) is 0. The Hall–Kier alpha value is -2.60. The minimum Gasteiger partial charge on any atom is -0.479 e. The number of hydrogen-bond donors (Lipinski definition) is 0. The van der Waals surface area contributed by atoms with Gasteiger partial charge in [0.1, 0.15) is 11.8 Å². The summed E-state index contributed by atoms with van der Waals surface area (Å²) in [6.45, 7) is 1.92. The van der Waals surface area contributed by atoms with Crippen molar-refractivity contribution in [3.8, 4) is 11.8 Å². The molecule has 0 bridgehead atoms. The molecule has 0 unspecified atom stereocenters. The summed E-state index contributed by atoms with van der Waals surface area (Å²) in [5.41, 5.74) is 2.27. The van der Waals surface area contributed by atoms with Crippen LogP contribution in [-0.4, -0.2) is 12.4 Å². The van der Waals surface area contributed by atoms with Crippen molar-refractivity contribution >= 4 is 5.78 Å². The largest absolute Gasteiger partial charge is 0.479 e. The van der Waals surface area contributed by atoms with Crippen LogP contribution in [-0.2, 0) is 0 Å². The Morgan fingerprint density at radius 3 is 2.47 bits per heavy atom. The molecular weight excluding hydrogens is 238 g/mol. The Morgan fingerprint density at radius 2 is 1.84 bits per heavy atom. The number of ketones is 1. The number of rotatable bonds is 4. The minimum atomic E-state index is -0.00932. The van der Waals surface area contributed by atoms with E-state index in [-0.39, 0.29) is 12.4 Å². The Labute approximate surface area is 112 Å². The quantitative estimate of drug-likeness (QED) is 0.784. The van der Waals surface area contributed by atoms with E-state index in [0.29, 0.717) is 16.9 Å². The van der Waals surface area contributed by atoms with Crippen LogP contribution in [0.1, 0.15) is 21.5 Å². The summed E-state index contributed by atoms with van der Waals surface area (Å²) in [7, 11) is 0. The number of benzene rings is 2. The highest BCUT2D eigenvalue weighted by molar-refractivity contribution is 6.09. The standard InChI is InChI=1S/C16H13NO2/c1-12-4-2-3-5-15(12)16(18)13-6-8-14(9-7-13)19-11-10-17/h2-9H,11H2,1H3. The molecule has 0 aromatic heterocycles. The van der Waals surface area contributed by atoms with E-state index in [1.165, 1.54) is 0 Å². The number of carbonyl (C=O) groups excluding carboxylic acids is 1. The fourth-order valence-corrected chi connectivity index (χ4v) is 1.80. The van der Waals surface area contributed by atoms with Gasteiger partial charge in [-0.2, -0.15) is 5.26 Å². The second-order valence-electron chi connectivity index (χ2n) is 4.12. The lowest BCUT2D eigenvalue weighted by molar-refractivity contribution is 0.103. The van der Waals surface area contributed by atoms with E-state index in [4.69, 9.17) is 10.00 Å². The third-order valence-electron chi connectivity index (χ3n) is 2.81. The molecular formula is C16H13NO2. The normalized spacial score (nSPS) is 9.68. The first-order chi connectivity index (χ1) is 9.22. The second-order valence-corrected chi connectivity index (χ2v) is 4.12. The molecule has 0 aliphatic rings. The van der Waals surface area contributed by atoms with Gasteiger partial charge in [0.15, 0.2) is 12.4 Å². The maximum atomic E-state index is 12.3. The lowest BCUT2D eigenvalue weighted by atomic mass is 9.99. The molecule has 0 aliphatic heterocycles. The second kappa shape index (κ2) is 5.83. The smallest absolute Gasteiger partial charge is 0.193 e. The first kappa shape index (κ1) is 12.8. The maximum Gasteiger partial charge on any atom is 0.193 e. The zero-order chi connectivity index (χ0) is 13.7. The Balaban J connectivity index is 2.21. The molecule has 0 atom stereocenters. The molecule has 0 saturated carbocycles. The number of ether oxygens (including phenoxy) is 1. The van der Waals surface area contributed by atoms with Gasteiger partial charge in [0.05, 0.1) is 0 Å². The highest BCUT2D eigenvalue weighted by atomic mass is 16.5. The highest BCUT2D eigenvalue weighted by Gasteiger charge is 2.10. The molecule has 3 nitrogen and oxygen atoms in total. The van der Waals surface area contributed by atoms with Crippen LogP contribution in [0.15, 0.2) is 48.5 Å². The third kappa shape index (κ3) is 2.99. The molecule has 0 aliphatic carbocycles. The maximum absolute atomic E-state index is 12.3. The zero-order valence-corrected chi connectivity index (χ0v) is 10.6. The van der Waals surface area contributed by atoms with Crippen LogP contribution < -0.4 is 4.74 Å². The highest BCUT2D eigenvalue weighted by Crippen LogP contribution is 2.17. The Bertz CT molecular complexity index is 624. The average Bonchev–Trinajstić information content (AvgIpc) is 2.45. The van der Waals surface area contributed by atoms with Crippen molar-refractivity contribution < 1.29 is 9.53 Å². The van der Waals surface area contributed by atoms with E-state index in [1.807, 2.05) is 37.3 Å². The molecule has 2 rings (SSSR count).